The van der Waals surface area contributed by atoms with Gasteiger partial charge in [-0.2, -0.15) is 0 Å². The molecule has 1 aromatic rings. The minimum absolute atomic E-state index is 0.109. The van der Waals surface area contributed by atoms with Gasteiger partial charge in [0, 0.05) is 18.8 Å². The zero-order valence-electron chi connectivity index (χ0n) is 10.5. The van der Waals surface area contributed by atoms with Crippen LogP contribution in [0.5, 0.6) is 0 Å². The normalized spacial score (nSPS) is 16.0. The van der Waals surface area contributed by atoms with Gasteiger partial charge in [-0.3, -0.25) is 0 Å². The SMILES string of the molecule is CCS(=O)(=O)C1CN(C(=O)Nc2ccccc2Cl)C1. The van der Waals surface area contributed by atoms with Gasteiger partial charge in [0.25, 0.3) is 0 Å². The van der Waals surface area contributed by atoms with Gasteiger partial charge < -0.3 is 10.2 Å². The van der Waals surface area contributed by atoms with Gasteiger partial charge in [0.05, 0.1) is 16.0 Å². The molecule has 0 atom stereocenters. The topological polar surface area (TPSA) is 66.5 Å². The first-order valence-electron chi connectivity index (χ1n) is 5.96. The molecule has 0 unspecified atom stereocenters. The molecule has 1 N–H and O–H groups in total. The zero-order valence-corrected chi connectivity index (χ0v) is 12.0. The van der Waals surface area contributed by atoms with E-state index < -0.39 is 15.1 Å². The summed E-state index contributed by atoms with van der Waals surface area (Å²) < 4.78 is 23.2. The summed E-state index contributed by atoms with van der Waals surface area (Å²) >= 11 is 5.93. The summed E-state index contributed by atoms with van der Waals surface area (Å²) in [6, 6.07) is 6.58. The van der Waals surface area contributed by atoms with Crippen LogP contribution in [0, 0.1) is 0 Å². The van der Waals surface area contributed by atoms with E-state index in [1.165, 1.54) is 4.90 Å². The molecule has 19 heavy (non-hydrogen) atoms. The molecule has 0 radical (unpaired) electrons. The number of amides is 2. The van der Waals surface area contributed by atoms with E-state index >= 15 is 0 Å². The smallest absolute Gasteiger partial charge is 0.321 e. The Morgan fingerprint density at radius 1 is 1.42 bits per heavy atom. The first-order chi connectivity index (χ1) is 8.94. The predicted octanol–water partition coefficient (Wildman–Crippen LogP) is 1.99. The summed E-state index contributed by atoms with van der Waals surface area (Å²) in [7, 11) is -3.06. The monoisotopic (exact) mass is 302 g/mol. The number of carbonyl (C=O) groups is 1. The number of anilines is 1. The van der Waals surface area contributed by atoms with Crippen molar-refractivity contribution in [1.29, 1.82) is 0 Å². The van der Waals surface area contributed by atoms with Gasteiger partial charge in [0.1, 0.15) is 0 Å². The molecule has 0 bridgehead atoms. The van der Waals surface area contributed by atoms with E-state index in [2.05, 4.69) is 5.32 Å². The molecule has 1 aliphatic heterocycles. The van der Waals surface area contributed by atoms with Crippen molar-refractivity contribution < 1.29 is 13.2 Å². The molecule has 0 spiro atoms. The fraction of sp³-hybridized carbons (Fsp3) is 0.417. The Kier molecular flexibility index (Phi) is 4.01. The summed E-state index contributed by atoms with van der Waals surface area (Å²) in [5, 5.41) is 2.68. The van der Waals surface area contributed by atoms with Gasteiger partial charge in [0.2, 0.25) is 0 Å². The maximum atomic E-state index is 11.9. The first kappa shape index (κ1) is 14.1. The fourth-order valence-electron chi connectivity index (χ4n) is 1.82. The van der Waals surface area contributed by atoms with Crippen LogP contribution in [-0.4, -0.2) is 43.4 Å². The highest BCUT2D eigenvalue weighted by molar-refractivity contribution is 7.92. The van der Waals surface area contributed by atoms with E-state index in [9.17, 15) is 13.2 Å². The molecule has 1 aliphatic rings. The standard InChI is InChI=1S/C12H15ClN2O3S/c1-2-19(17,18)9-7-15(8-9)12(16)14-11-6-4-3-5-10(11)13/h3-6,9H,2,7-8H2,1H3,(H,14,16). The van der Waals surface area contributed by atoms with Gasteiger partial charge >= 0.3 is 6.03 Å². The quantitative estimate of drug-likeness (QED) is 0.928. The highest BCUT2D eigenvalue weighted by Gasteiger charge is 2.38. The summed E-state index contributed by atoms with van der Waals surface area (Å²) in [6.45, 7) is 2.10. The number of nitrogens with zero attached hydrogens (tertiary/aromatic N) is 1. The van der Waals surface area contributed by atoms with E-state index in [-0.39, 0.29) is 24.9 Å². The highest BCUT2D eigenvalue weighted by atomic mass is 35.5. The second kappa shape index (κ2) is 5.38. The van der Waals surface area contributed by atoms with Crippen LogP contribution in [0.15, 0.2) is 24.3 Å². The lowest BCUT2D eigenvalue weighted by Gasteiger charge is -2.38. The number of hydrogen-bond acceptors (Lipinski definition) is 3. The molecule has 5 nitrogen and oxygen atoms in total. The molecule has 0 saturated carbocycles. The average molecular weight is 303 g/mol. The number of carbonyl (C=O) groups excluding carboxylic acids is 1. The predicted molar refractivity (Wildman–Crippen MR) is 75.3 cm³/mol. The number of nitrogens with one attached hydrogen (secondary N) is 1. The van der Waals surface area contributed by atoms with Gasteiger partial charge in [-0.15, -0.1) is 0 Å². The number of likely N-dealkylation sites (tertiary alicyclic amines) is 1. The summed E-state index contributed by atoms with van der Waals surface area (Å²) in [4.78, 5) is 13.3. The van der Waals surface area contributed by atoms with Crippen molar-refractivity contribution >= 4 is 33.2 Å². The van der Waals surface area contributed by atoms with Gasteiger partial charge in [-0.1, -0.05) is 30.7 Å². The van der Waals surface area contributed by atoms with Crippen molar-refractivity contribution in [3.05, 3.63) is 29.3 Å². The minimum Gasteiger partial charge on any atom is -0.322 e. The molecule has 0 aromatic heterocycles. The molecule has 0 aliphatic carbocycles. The Morgan fingerprint density at radius 3 is 2.63 bits per heavy atom. The van der Waals surface area contributed by atoms with Crippen LogP contribution in [0.4, 0.5) is 10.5 Å². The molecule has 2 amide bonds. The Labute approximate surface area is 117 Å². The number of hydrogen-bond donors (Lipinski definition) is 1. The van der Waals surface area contributed by atoms with Gasteiger partial charge in [-0.25, -0.2) is 13.2 Å². The first-order valence-corrected chi connectivity index (χ1v) is 8.05. The van der Waals surface area contributed by atoms with Crippen LogP contribution in [0.1, 0.15) is 6.92 Å². The molecule has 2 rings (SSSR count). The number of benzene rings is 1. The van der Waals surface area contributed by atoms with E-state index in [4.69, 9.17) is 11.6 Å². The summed E-state index contributed by atoms with van der Waals surface area (Å²) in [5.41, 5.74) is 0.524. The average Bonchev–Trinajstić information content (AvgIpc) is 2.30. The van der Waals surface area contributed by atoms with Crippen LogP contribution in [0.3, 0.4) is 0 Å². The van der Waals surface area contributed by atoms with Gasteiger partial charge in [-0.05, 0) is 12.1 Å². The molecule has 1 saturated heterocycles. The Balaban J connectivity index is 1.93. The lowest BCUT2D eigenvalue weighted by Crippen LogP contribution is -2.58. The lowest BCUT2D eigenvalue weighted by atomic mass is 10.2. The third-order valence-corrected chi connectivity index (χ3v) is 5.61. The number of para-hydroxylation sites is 1. The Hall–Kier alpha value is -1.27. The summed E-state index contributed by atoms with van der Waals surface area (Å²) in [6.07, 6.45) is 0. The molecular weight excluding hydrogens is 288 g/mol. The van der Waals surface area contributed by atoms with Crippen molar-refractivity contribution in [3.8, 4) is 0 Å². The van der Waals surface area contributed by atoms with Crippen molar-refractivity contribution in [2.24, 2.45) is 0 Å². The molecule has 104 valence electrons. The maximum Gasteiger partial charge on any atom is 0.321 e. The molecule has 1 heterocycles. The zero-order chi connectivity index (χ0) is 14.0. The molecule has 1 aromatic carbocycles. The largest absolute Gasteiger partial charge is 0.322 e. The van der Waals surface area contributed by atoms with Crippen molar-refractivity contribution in [1.82, 2.24) is 4.90 Å². The third-order valence-electron chi connectivity index (χ3n) is 3.16. The minimum atomic E-state index is -3.06. The van der Waals surface area contributed by atoms with E-state index in [0.29, 0.717) is 10.7 Å². The van der Waals surface area contributed by atoms with Crippen LogP contribution in [0.2, 0.25) is 5.02 Å². The van der Waals surface area contributed by atoms with Crippen LogP contribution >= 0.6 is 11.6 Å². The molecule has 1 fully saturated rings. The molecule has 7 heteroatoms. The second-order valence-electron chi connectivity index (χ2n) is 4.39. The second-order valence-corrected chi connectivity index (χ2v) is 7.37. The van der Waals surface area contributed by atoms with Gasteiger partial charge in [0.15, 0.2) is 9.84 Å². The number of sulfone groups is 1. The lowest BCUT2D eigenvalue weighted by molar-refractivity contribution is 0.182. The van der Waals surface area contributed by atoms with E-state index in [0.717, 1.165) is 0 Å². The van der Waals surface area contributed by atoms with Crippen LogP contribution in [0.25, 0.3) is 0 Å². The molecular formula is C12H15ClN2O3S. The fourth-order valence-corrected chi connectivity index (χ4v) is 3.29. The Morgan fingerprint density at radius 2 is 2.05 bits per heavy atom. The highest BCUT2D eigenvalue weighted by Crippen LogP contribution is 2.23. The number of halogens is 1. The van der Waals surface area contributed by atoms with Crippen LogP contribution in [-0.2, 0) is 9.84 Å². The number of rotatable bonds is 3. The summed E-state index contributed by atoms with van der Waals surface area (Å²) in [5.74, 6) is 0.109. The Bertz CT molecular complexity index is 582. The third kappa shape index (κ3) is 3.01. The van der Waals surface area contributed by atoms with E-state index in [1.54, 1.807) is 31.2 Å². The van der Waals surface area contributed by atoms with Crippen LogP contribution < -0.4 is 5.32 Å². The van der Waals surface area contributed by atoms with Crippen molar-refractivity contribution in [2.75, 3.05) is 24.2 Å². The van der Waals surface area contributed by atoms with Crippen molar-refractivity contribution in [3.63, 3.8) is 0 Å². The van der Waals surface area contributed by atoms with E-state index in [1.807, 2.05) is 0 Å². The number of urea groups is 1. The van der Waals surface area contributed by atoms with Crippen molar-refractivity contribution in [2.45, 2.75) is 12.2 Å². The maximum absolute atomic E-state index is 11.9.